The van der Waals surface area contributed by atoms with Gasteiger partial charge in [0.2, 0.25) is 11.8 Å². The van der Waals surface area contributed by atoms with Gasteiger partial charge < -0.3 is 25.0 Å². The SMILES string of the molecule is O=C(CN1CC[C@@]2(CCC1=O)NC(=O)c1ccccc1O2)NC[C@H]1CCCO1. The summed E-state index contributed by atoms with van der Waals surface area (Å²) in [5, 5.41) is 5.77. The molecule has 8 heteroatoms. The summed E-state index contributed by atoms with van der Waals surface area (Å²) < 4.78 is 11.6. The second-order valence-electron chi connectivity index (χ2n) is 7.55. The van der Waals surface area contributed by atoms with Crippen molar-refractivity contribution < 1.29 is 23.9 Å². The van der Waals surface area contributed by atoms with Gasteiger partial charge in [-0.2, -0.15) is 0 Å². The first-order valence-corrected chi connectivity index (χ1v) is 9.81. The van der Waals surface area contributed by atoms with Crippen LogP contribution < -0.4 is 15.4 Å². The van der Waals surface area contributed by atoms with Crippen LogP contribution in [0.5, 0.6) is 5.75 Å². The molecule has 3 aliphatic heterocycles. The molecule has 0 aromatic heterocycles. The number of hydrogen-bond acceptors (Lipinski definition) is 5. The summed E-state index contributed by atoms with van der Waals surface area (Å²) in [7, 11) is 0. The van der Waals surface area contributed by atoms with E-state index in [1.807, 2.05) is 6.07 Å². The Morgan fingerprint density at radius 1 is 1.29 bits per heavy atom. The van der Waals surface area contributed by atoms with Gasteiger partial charge in [-0.25, -0.2) is 0 Å². The maximum atomic E-state index is 12.5. The number of carbonyl (C=O) groups is 3. The van der Waals surface area contributed by atoms with Gasteiger partial charge in [-0.05, 0) is 25.0 Å². The number of amides is 3. The molecule has 2 fully saturated rings. The standard InChI is InChI=1S/C20H25N3O5/c24-17(21-12-14-4-3-11-27-14)13-23-10-9-20(8-7-18(23)25)22-19(26)15-5-1-2-6-16(15)28-20/h1-2,5-6,14H,3-4,7-13H2,(H,21,24)(H,22,26)/t14-,20+/m1/s1. The number of benzene rings is 1. The van der Waals surface area contributed by atoms with Gasteiger partial charge >= 0.3 is 0 Å². The predicted octanol–water partition coefficient (Wildman–Crippen LogP) is 0.813. The molecular formula is C20H25N3O5. The van der Waals surface area contributed by atoms with Gasteiger partial charge in [0.1, 0.15) is 5.75 Å². The number of para-hydroxylation sites is 1. The minimum atomic E-state index is -0.913. The third-order valence-corrected chi connectivity index (χ3v) is 5.54. The topological polar surface area (TPSA) is 97.0 Å². The highest BCUT2D eigenvalue weighted by Crippen LogP contribution is 2.33. The second-order valence-corrected chi connectivity index (χ2v) is 7.55. The molecule has 1 aromatic carbocycles. The molecule has 3 heterocycles. The number of likely N-dealkylation sites (tertiary alicyclic amines) is 1. The first-order valence-electron chi connectivity index (χ1n) is 9.81. The number of rotatable bonds is 4. The third-order valence-electron chi connectivity index (χ3n) is 5.54. The fraction of sp³-hybridized carbons (Fsp3) is 0.550. The van der Waals surface area contributed by atoms with E-state index in [4.69, 9.17) is 9.47 Å². The molecule has 2 atom stereocenters. The van der Waals surface area contributed by atoms with E-state index in [0.717, 1.165) is 19.4 Å². The molecule has 150 valence electrons. The van der Waals surface area contributed by atoms with Crippen LogP contribution in [0, 0.1) is 0 Å². The van der Waals surface area contributed by atoms with Crippen LogP contribution in [0.4, 0.5) is 0 Å². The highest BCUT2D eigenvalue weighted by Gasteiger charge is 2.42. The monoisotopic (exact) mass is 387 g/mol. The van der Waals surface area contributed by atoms with E-state index in [9.17, 15) is 14.4 Å². The lowest BCUT2D eigenvalue weighted by molar-refractivity contribution is -0.135. The van der Waals surface area contributed by atoms with E-state index < -0.39 is 5.72 Å². The number of carbonyl (C=O) groups excluding carboxylic acids is 3. The van der Waals surface area contributed by atoms with Crippen LogP contribution in [0.3, 0.4) is 0 Å². The van der Waals surface area contributed by atoms with Crippen LogP contribution in [0.25, 0.3) is 0 Å². The zero-order chi connectivity index (χ0) is 19.6. The van der Waals surface area contributed by atoms with Crippen molar-refractivity contribution in [2.75, 3.05) is 26.2 Å². The molecule has 3 aliphatic rings. The summed E-state index contributed by atoms with van der Waals surface area (Å²) in [6.07, 6.45) is 3.05. The maximum absolute atomic E-state index is 12.5. The first-order chi connectivity index (χ1) is 13.5. The molecule has 8 nitrogen and oxygen atoms in total. The Balaban J connectivity index is 1.36. The molecule has 3 amide bonds. The van der Waals surface area contributed by atoms with E-state index in [2.05, 4.69) is 10.6 Å². The van der Waals surface area contributed by atoms with Gasteiger partial charge in [0, 0.05) is 39.0 Å². The van der Waals surface area contributed by atoms with E-state index in [1.54, 1.807) is 18.2 Å². The zero-order valence-corrected chi connectivity index (χ0v) is 15.7. The van der Waals surface area contributed by atoms with E-state index in [0.29, 0.717) is 37.2 Å². The van der Waals surface area contributed by atoms with Gasteiger partial charge in [0.15, 0.2) is 5.72 Å². The molecule has 0 saturated carbocycles. The average Bonchev–Trinajstić information content (AvgIpc) is 3.17. The van der Waals surface area contributed by atoms with Crippen LogP contribution in [0.1, 0.15) is 42.5 Å². The number of nitrogens with one attached hydrogen (secondary N) is 2. The van der Waals surface area contributed by atoms with Gasteiger partial charge in [0.05, 0.1) is 18.2 Å². The molecule has 1 spiro atoms. The number of nitrogens with zero attached hydrogens (tertiary/aromatic N) is 1. The van der Waals surface area contributed by atoms with E-state index in [1.165, 1.54) is 4.90 Å². The smallest absolute Gasteiger partial charge is 0.258 e. The Kier molecular flexibility index (Phi) is 5.21. The quantitative estimate of drug-likeness (QED) is 0.797. The maximum Gasteiger partial charge on any atom is 0.258 e. The van der Waals surface area contributed by atoms with Crippen molar-refractivity contribution in [1.82, 2.24) is 15.5 Å². The van der Waals surface area contributed by atoms with E-state index >= 15 is 0 Å². The lowest BCUT2D eigenvalue weighted by Crippen LogP contribution is -2.56. The van der Waals surface area contributed by atoms with Gasteiger partial charge in [-0.1, -0.05) is 12.1 Å². The van der Waals surface area contributed by atoms with Gasteiger partial charge in [-0.15, -0.1) is 0 Å². The largest absolute Gasteiger partial charge is 0.467 e. The van der Waals surface area contributed by atoms with Crippen LogP contribution in [0.15, 0.2) is 24.3 Å². The third kappa shape index (κ3) is 3.96. The molecule has 28 heavy (non-hydrogen) atoms. The van der Waals surface area contributed by atoms with Crippen molar-refractivity contribution in [3.8, 4) is 5.75 Å². The van der Waals surface area contributed by atoms with E-state index in [-0.39, 0.29) is 36.8 Å². The highest BCUT2D eigenvalue weighted by molar-refractivity contribution is 5.98. The molecular weight excluding hydrogens is 362 g/mol. The van der Waals surface area contributed by atoms with Gasteiger partial charge in [0.25, 0.3) is 5.91 Å². The molecule has 4 rings (SSSR count). The Morgan fingerprint density at radius 3 is 2.96 bits per heavy atom. The molecule has 0 aliphatic carbocycles. The molecule has 0 unspecified atom stereocenters. The van der Waals surface area contributed by atoms with Crippen molar-refractivity contribution in [2.45, 2.75) is 43.9 Å². The number of fused-ring (bicyclic) bond motifs is 1. The Bertz CT molecular complexity index is 777. The second kappa shape index (κ2) is 7.79. The fourth-order valence-electron chi connectivity index (χ4n) is 3.94. The molecule has 2 N–H and O–H groups in total. The molecule has 2 saturated heterocycles. The Labute approximate surface area is 163 Å². The lowest BCUT2D eigenvalue weighted by Gasteiger charge is -2.38. The summed E-state index contributed by atoms with van der Waals surface area (Å²) in [4.78, 5) is 38.8. The summed E-state index contributed by atoms with van der Waals surface area (Å²) >= 11 is 0. The average molecular weight is 387 g/mol. The zero-order valence-electron chi connectivity index (χ0n) is 15.7. The summed E-state index contributed by atoms with van der Waals surface area (Å²) in [5.74, 6) is 0.0260. The highest BCUT2D eigenvalue weighted by atomic mass is 16.5. The molecule has 0 bridgehead atoms. The summed E-state index contributed by atoms with van der Waals surface area (Å²) in [6.45, 7) is 1.56. The van der Waals surface area contributed by atoms with Crippen molar-refractivity contribution >= 4 is 17.7 Å². The minimum Gasteiger partial charge on any atom is -0.467 e. The van der Waals surface area contributed by atoms with Crippen LogP contribution in [-0.2, 0) is 14.3 Å². The van der Waals surface area contributed by atoms with Crippen molar-refractivity contribution in [3.05, 3.63) is 29.8 Å². The normalized spacial score (nSPS) is 27.0. The van der Waals surface area contributed by atoms with Crippen molar-refractivity contribution in [2.24, 2.45) is 0 Å². The van der Waals surface area contributed by atoms with Crippen LogP contribution in [-0.4, -0.2) is 60.7 Å². The number of ether oxygens (including phenoxy) is 2. The summed E-state index contributed by atoms with van der Waals surface area (Å²) in [6, 6.07) is 7.08. The van der Waals surface area contributed by atoms with Gasteiger partial charge in [-0.3, -0.25) is 14.4 Å². The summed E-state index contributed by atoms with van der Waals surface area (Å²) in [5.41, 5.74) is -0.418. The van der Waals surface area contributed by atoms with Crippen molar-refractivity contribution in [3.63, 3.8) is 0 Å². The van der Waals surface area contributed by atoms with Crippen LogP contribution >= 0.6 is 0 Å². The predicted molar refractivity (Wildman–Crippen MR) is 99.7 cm³/mol. The fourth-order valence-corrected chi connectivity index (χ4v) is 3.94. The minimum absolute atomic E-state index is 0.00612. The molecule has 0 radical (unpaired) electrons. The number of hydrogen-bond donors (Lipinski definition) is 2. The first kappa shape index (κ1) is 18.7. The molecule has 1 aromatic rings. The van der Waals surface area contributed by atoms with Crippen molar-refractivity contribution in [1.29, 1.82) is 0 Å². The van der Waals surface area contributed by atoms with Crippen LogP contribution in [0.2, 0.25) is 0 Å². The lowest BCUT2D eigenvalue weighted by atomic mass is 10.0. The Hall–Kier alpha value is -2.61. The Morgan fingerprint density at radius 2 is 2.14 bits per heavy atom.